The molecule has 0 saturated carbocycles. The van der Waals surface area contributed by atoms with Gasteiger partial charge in [0.1, 0.15) is 83.9 Å². The third kappa shape index (κ3) is 41.1. The molecule has 1 aliphatic rings. The van der Waals surface area contributed by atoms with Crippen LogP contribution in [-0.2, 0) is 93.2 Å². The van der Waals surface area contributed by atoms with Gasteiger partial charge in [0, 0.05) is 13.0 Å². The van der Waals surface area contributed by atoms with E-state index < -0.39 is 259 Å². The summed E-state index contributed by atoms with van der Waals surface area (Å²) in [5.41, 5.74) is 5.85. The van der Waals surface area contributed by atoms with E-state index in [0.717, 1.165) is 26.7 Å². The number of carbonyl (C=O) groups excluding carboxylic acids is 11. The van der Waals surface area contributed by atoms with Crippen LogP contribution in [0, 0.1) is 17.8 Å². The van der Waals surface area contributed by atoms with Crippen LogP contribution in [0.25, 0.3) is 0 Å². The second-order valence-corrected chi connectivity index (χ2v) is 31.5. The summed E-state index contributed by atoms with van der Waals surface area (Å²) in [5, 5.41) is 57.8. The van der Waals surface area contributed by atoms with E-state index in [2.05, 4.69) is 79.8 Å². The van der Waals surface area contributed by atoms with Crippen LogP contribution in [0.2, 0.25) is 0 Å². The molecule has 102 heavy (non-hydrogen) atoms. The summed E-state index contributed by atoms with van der Waals surface area (Å²) in [7, 11) is -18.7. The lowest BCUT2D eigenvalue weighted by molar-refractivity contribution is -0.137. The molecule has 23 N–H and O–H groups in total. The van der Waals surface area contributed by atoms with E-state index in [1.165, 1.54) is 0 Å². The molecule has 0 aromatic carbocycles. The Balaban J connectivity index is 4.26. The summed E-state index contributed by atoms with van der Waals surface area (Å²) in [6.07, 6.45) is -4.44. The fourth-order valence-corrected chi connectivity index (χ4v) is 11.5. The van der Waals surface area contributed by atoms with E-state index >= 15 is 0 Å². The molecule has 0 bridgehead atoms. The lowest BCUT2D eigenvalue weighted by atomic mass is 9.99. The van der Waals surface area contributed by atoms with E-state index in [-0.39, 0.29) is 51.1 Å². The van der Waals surface area contributed by atoms with Gasteiger partial charge in [-0.2, -0.15) is 33.7 Å². The van der Waals surface area contributed by atoms with E-state index in [1.807, 2.05) is 13.8 Å². The SMILES string of the molecule is CCC(C)CCCCC(=O)NC(CCNCS(=O)(=O)O)C(=O)NC(C(=O)NC(CCNCS(=O)(=O)O)C(=O)NC1CCNC(=O)C(C(C)O)NC(=O)C(CCNCS(=O)(=O)O)NC(=O)C(CCN)NC(=O)C(CC(C)C)NC(=O)C(CC(C)C)NC(=O)C(CCNCS(=O)(=O)O)NC1=O)C(C)O. The summed E-state index contributed by atoms with van der Waals surface area (Å²) in [6.45, 7) is 9.93. The number of amides is 11. The Morgan fingerprint density at radius 3 is 1.30 bits per heavy atom. The minimum atomic E-state index is -4.75. The maximum Gasteiger partial charge on any atom is 0.278 e. The lowest BCUT2D eigenvalue weighted by Gasteiger charge is -2.29. The Kier molecular flexibility index (Phi) is 42.5. The Hall–Kier alpha value is -6.47. The van der Waals surface area contributed by atoms with Gasteiger partial charge in [-0.15, -0.1) is 0 Å². The topological polar surface area (TPSA) is 652 Å². The number of nitrogens with one attached hydrogen (secondary N) is 15. The molecule has 0 aromatic rings. The molecule has 0 spiro atoms. The molecule has 1 rings (SSSR count). The molecule has 1 heterocycles. The molecule has 0 aromatic heterocycles. The molecular weight excluding hydrogens is 1440 g/mol. The summed E-state index contributed by atoms with van der Waals surface area (Å²) >= 11 is 0. The normalized spacial score (nSPS) is 21.8. The van der Waals surface area contributed by atoms with Crippen molar-refractivity contribution in [3.05, 3.63) is 0 Å². The summed E-state index contributed by atoms with van der Waals surface area (Å²) in [4.78, 5) is 157. The van der Waals surface area contributed by atoms with Gasteiger partial charge in [0.2, 0.25) is 65.0 Å². The Morgan fingerprint density at radius 1 is 0.490 bits per heavy atom. The van der Waals surface area contributed by atoms with Gasteiger partial charge in [0.15, 0.2) is 0 Å². The molecule has 41 nitrogen and oxygen atoms in total. The fourth-order valence-electron chi connectivity index (χ4n) is 9.89. The average Bonchev–Trinajstić information content (AvgIpc) is 0.917. The van der Waals surface area contributed by atoms with Gasteiger partial charge in [-0.3, -0.25) is 71.0 Å². The molecule has 0 aliphatic carbocycles. The van der Waals surface area contributed by atoms with Crippen LogP contribution in [0.4, 0.5) is 0 Å². The zero-order valence-corrected chi connectivity index (χ0v) is 61.8. The number of unbranched alkanes of at least 4 members (excludes halogenated alkanes) is 1. The van der Waals surface area contributed by atoms with Crippen LogP contribution in [-0.4, -0.2) is 262 Å². The van der Waals surface area contributed by atoms with Crippen molar-refractivity contribution < 1.29 is 115 Å². The smallest absolute Gasteiger partial charge is 0.278 e. The standard InChI is InChI=1S/C57H108N16O25S4/c1-9-34(6)12-10-11-13-45(76)64-38(15-21-59-28-99(87,88)89)52(81)73-47(36(8)75)57(86)69-40(17-23-61-30-101(93,94)95)49(78)68-42-19-25-63-56(85)46(35(7)74)72-53(82)41(18-24-62-31-102(96,97)98)67-48(77)37(14-20-58)65-54(83)43(26-32(2)3)71-55(84)44(27-33(4)5)70-51(80)39(66-50(42)79)16-22-60-29-100(90,91)92/h32-44,46-47,59-62,74-75H,9-31,58H2,1-8H3,(H,63,85)(H,64,76)(H,65,83)(H,66,79)(H,67,77)(H,68,78)(H,69,86)(H,70,80)(H,71,84)(H,72,82)(H,73,81)(H,87,88,89)(H,90,91,92)(H,93,94,95)(H,96,97,98). The number of aliphatic hydroxyl groups is 2. The van der Waals surface area contributed by atoms with Crippen LogP contribution in [0.1, 0.15) is 139 Å². The van der Waals surface area contributed by atoms with Crippen LogP contribution in [0.15, 0.2) is 0 Å². The molecule has 13 atom stereocenters. The maximum atomic E-state index is 14.9. The molecular formula is C57H108N16O25S4. The minimum absolute atomic E-state index is 0.0703. The van der Waals surface area contributed by atoms with Crippen molar-refractivity contribution in [2.75, 3.05) is 62.8 Å². The second kappa shape index (κ2) is 46.4. The molecule has 1 saturated heterocycles. The predicted octanol–water partition coefficient (Wildman–Crippen LogP) is -7.54. The van der Waals surface area contributed by atoms with Crippen LogP contribution >= 0.6 is 0 Å². The third-order valence-corrected chi connectivity index (χ3v) is 17.7. The summed E-state index contributed by atoms with van der Waals surface area (Å²) < 4.78 is 130. The van der Waals surface area contributed by atoms with Crippen LogP contribution in [0.5, 0.6) is 0 Å². The first-order valence-electron chi connectivity index (χ1n) is 33.3. The highest BCUT2D eigenvalue weighted by Gasteiger charge is 2.38. The van der Waals surface area contributed by atoms with Crippen molar-refractivity contribution in [3.8, 4) is 0 Å². The number of nitrogens with two attached hydrogens (primary N) is 1. The van der Waals surface area contributed by atoms with Gasteiger partial charge in [-0.1, -0.05) is 60.8 Å². The van der Waals surface area contributed by atoms with E-state index in [0.29, 0.717) is 18.8 Å². The second-order valence-electron chi connectivity index (χ2n) is 25.7. The number of hydrogen-bond donors (Lipinski definition) is 22. The minimum Gasteiger partial charge on any atom is -0.391 e. The molecule has 45 heteroatoms. The summed E-state index contributed by atoms with van der Waals surface area (Å²) in [5.74, 6) is -17.0. The van der Waals surface area contributed by atoms with E-state index in [1.54, 1.807) is 27.7 Å². The first-order valence-corrected chi connectivity index (χ1v) is 39.7. The van der Waals surface area contributed by atoms with Gasteiger partial charge in [0.05, 0.1) is 12.2 Å². The van der Waals surface area contributed by atoms with Gasteiger partial charge >= 0.3 is 0 Å². The molecule has 0 radical (unpaired) electrons. The van der Waals surface area contributed by atoms with Crippen molar-refractivity contribution in [3.63, 3.8) is 0 Å². The molecule has 11 amide bonds. The third-order valence-electron chi connectivity index (χ3n) is 15.4. The van der Waals surface area contributed by atoms with Gasteiger partial charge in [-0.25, -0.2) is 0 Å². The fraction of sp³-hybridized carbons (Fsp3) is 0.807. The zero-order chi connectivity index (χ0) is 77.9. The monoisotopic (exact) mass is 1540 g/mol. The molecule has 1 fully saturated rings. The van der Waals surface area contributed by atoms with Crippen molar-refractivity contribution >= 4 is 105 Å². The highest BCUT2D eigenvalue weighted by molar-refractivity contribution is 7.86. The molecule has 1 aliphatic heterocycles. The Labute approximate surface area is 595 Å². The Morgan fingerprint density at radius 2 is 0.892 bits per heavy atom. The maximum absolute atomic E-state index is 14.9. The average molecular weight is 1550 g/mol. The largest absolute Gasteiger partial charge is 0.391 e. The van der Waals surface area contributed by atoms with Crippen molar-refractivity contribution in [2.24, 2.45) is 23.5 Å². The van der Waals surface area contributed by atoms with Crippen LogP contribution in [0.3, 0.4) is 0 Å². The zero-order valence-electron chi connectivity index (χ0n) is 58.6. The van der Waals surface area contributed by atoms with Gasteiger partial charge in [0.25, 0.3) is 40.5 Å². The number of hydrogen-bond acceptors (Lipinski definition) is 26. The van der Waals surface area contributed by atoms with Crippen molar-refractivity contribution in [1.29, 1.82) is 0 Å². The summed E-state index contributed by atoms with van der Waals surface area (Å²) in [6, 6.07) is -17.7. The van der Waals surface area contributed by atoms with Gasteiger partial charge < -0.3 is 95.7 Å². The van der Waals surface area contributed by atoms with Crippen LogP contribution < -0.4 is 85.5 Å². The quantitative estimate of drug-likeness (QED) is 0.0200. The number of carbonyl (C=O) groups is 11. The molecule has 13 unspecified atom stereocenters. The first-order chi connectivity index (χ1) is 47.3. The van der Waals surface area contributed by atoms with Gasteiger partial charge in [-0.05, 0) is 122 Å². The number of aliphatic hydroxyl groups excluding tert-OH is 2. The predicted molar refractivity (Wildman–Crippen MR) is 367 cm³/mol. The lowest BCUT2D eigenvalue weighted by Crippen LogP contribution is -2.62. The highest BCUT2D eigenvalue weighted by Crippen LogP contribution is 2.15. The van der Waals surface area contributed by atoms with Crippen molar-refractivity contribution in [2.45, 2.75) is 211 Å². The van der Waals surface area contributed by atoms with E-state index in [4.69, 9.17) is 5.73 Å². The Bertz CT molecular complexity index is 3230. The van der Waals surface area contributed by atoms with E-state index in [9.17, 15) is 115 Å². The van der Waals surface area contributed by atoms with Crippen molar-refractivity contribution in [1.82, 2.24) is 79.8 Å². The highest BCUT2D eigenvalue weighted by atomic mass is 32.2. The first kappa shape index (κ1) is 93.5. The number of rotatable bonds is 41. The molecule has 590 valence electrons.